The topological polar surface area (TPSA) is 92.6 Å². The Hall–Kier alpha value is -1.96. The van der Waals surface area contributed by atoms with E-state index < -0.39 is 15.7 Å². The number of nitro benzene ring substituents is 1. The number of hydrogen-bond acceptors (Lipinski definition) is 5. The first-order chi connectivity index (χ1) is 9.52. The molecule has 0 radical (unpaired) electrons. The number of nitrogens with one attached hydrogen (secondary N) is 1. The van der Waals surface area contributed by atoms with E-state index in [9.17, 15) is 19.1 Å². The summed E-state index contributed by atoms with van der Waals surface area (Å²) in [5, 5.41) is 13.7. The van der Waals surface area contributed by atoms with Gasteiger partial charge in [0.2, 0.25) is 0 Å². The number of benzene rings is 1. The van der Waals surface area contributed by atoms with Crippen molar-refractivity contribution in [3.05, 3.63) is 33.9 Å². The molecule has 1 fully saturated rings. The summed E-state index contributed by atoms with van der Waals surface area (Å²) >= 11 is 0. The Morgan fingerprint density at radius 2 is 2.05 bits per heavy atom. The minimum absolute atomic E-state index is 0.126. The van der Waals surface area contributed by atoms with Crippen molar-refractivity contribution < 1.29 is 13.9 Å². The molecule has 1 saturated heterocycles. The Morgan fingerprint density at radius 3 is 2.60 bits per heavy atom. The van der Waals surface area contributed by atoms with Gasteiger partial charge in [-0.3, -0.25) is 19.1 Å². The smallest absolute Gasteiger partial charge is 0.293 e. The molecule has 0 saturated carbocycles. The summed E-state index contributed by atoms with van der Waals surface area (Å²) in [6.45, 7) is 0.847. The van der Waals surface area contributed by atoms with Gasteiger partial charge in [-0.15, -0.1) is 0 Å². The van der Waals surface area contributed by atoms with E-state index in [-0.39, 0.29) is 17.2 Å². The first-order valence-electron chi connectivity index (χ1n) is 6.13. The van der Waals surface area contributed by atoms with Crippen molar-refractivity contribution in [2.45, 2.75) is 0 Å². The van der Waals surface area contributed by atoms with Crippen molar-refractivity contribution >= 4 is 28.1 Å². The summed E-state index contributed by atoms with van der Waals surface area (Å²) in [5.41, 5.74) is 0.522. The second-order valence-corrected chi connectivity index (χ2v) is 6.08. The fourth-order valence-electron chi connectivity index (χ4n) is 2.05. The molecule has 1 aromatic rings. The third-order valence-electron chi connectivity index (χ3n) is 3.18. The molecule has 20 heavy (non-hydrogen) atoms. The predicted molar refractivity (Wildman–Crippen MR) is 76.4 cm³/mol. The Bertz CT molecular complexity index is 566. The molecular formula is C12H15N3O4S. The van der Waals surface area contributed by atoms with Crippen LogP contribution in [-0.4, -0.2) is 51.6 Å². The molecule has 1 amide bonds. The Morgan fingerprint density at radius 1 is 1.40 bits per heavy atom. The maximum Gasteiger partial charge on any atom is 0.293 e. The van der Waals surface area contributed by atoms with Crippen molar-refractivity contribution in [1.29, 1.82) is 0 Å². The molecule has 1 N–H and O–H groups in total. The molecular weight excluding hydrogens is 282 g/mol. The van der Waals surface area contributed by atoms with Crippen LogP contribution in [0.2, 0.25) is 0 Å². The Labute approximate surface area is 118 Å². The zero-order chi connectivity index (χ0) is 14.7. The van der Waals surface area contributed by atoms with Crippen LogP contribution in [0, 0.1) is 10.1 Å². The first kappa shape index (κ1) is 14.4. The average Bonchev–Trinajstić information content (AvgIpc) is 2.46. The van der Waals surface area contributed by atoms with Gasteiger partial charge in [0.25, 0.3) is 11.6 Å². The second-order valence-electron chi connectivity index (χ2n) is 4.38. The van der Waals surface area contributed by atoms with Crippen LogP contribution in [0.1, 0.15) is 10.4 Å². The van der Waals surface area contributed by atoms with Crippen molar-refractivity contribution in [1.82, 2.24) is 4.90 Å². The fraction of sp³-hybridized carbons (Fsp3) is 0.417. The van der Waals surface area contributed by atoms with Gasteiger partial charge in [0.05, 0.1) is 4.92 Å². The monoisotopic (exact) mass is 297 g/mol. The van der Waals surface area contributed by atoms with Gasteiger partial charge in [-0.05, 0) is 12.1 Å². The van der Waals surface area contributed by atoms with Crippen LogP contribution in [0.15, 0.2) is 18.2 Å². The molecule has 0 aromatic heterocycles. The summed E-state index contributed by atoms with van der Waals surface area (Å²) in [6.07, 6.45) is 0. The van der Waals surface area contributed by atoms with Crippen LogP contribution in [0.3, 0.4) is 0 Å². The van der Waals surface area contributed by atoms with Gasteiger partial charge in [0.1, 0.15) is 5.69 Å². The molecule has 2 rings (SSSR count). The molecule has 7 nitrogen and oxygen atoms in total. The highest BCUT2D eigenvalue weighted by Crippen LogP contribution is 2.25. The van der Waals surface area contributed by atoms with Gasteiger partial charge in [-0.1, -0.05) is 0 Å². The van der Waals surface area contributed by atoms with Crippen LogP contribution in [0.4, 0.5) is 11.4 Å². The normalized spacial score (nSPS) is 15.9. The van der Waals surface area contributed by atoms with E-state index >= 15 is 0 Å². The van der Waals surface area contributed by atoms with Gasteiger partial charge >= 0.3 is 0 Å². The predicted octanol–water partition coefficient (Wildman–Crippen LogP) is 0.841. The van der Waals surface area contributed by atoms with Crippen molar-refractivity contribution in [2.24, 2.45) is 0 Å². The van der Waals surface area contributed by atoms with E-state index in [1.165, 1.54) is 12.1 Å². The second kappa shape index (κ2) is 6.00. The average molecular weight is 297 g/mol. The molecule has 8 heteroatoms. The zero-order valence-corrected chi connectivity index (χ0v) is 11.8. The molecule has 0 aliphatic carbocycles. The van der Waals surface area contributed by atoms with Crippen LogP contribution >= 0.6 is 0 Å². The van der Waals surface area contributed by atoms with E-state index in [1.54, 1.807) is 18.0 Å². The molecule has 108 valence electrons. The van der Waals surface area contributed by atoms with Gasteiger partial charge in [0, 0.05) is 54.1 Å². The van der Waals surface area contributed by atoms with Crippen molar-refractivity contribution in [2.75, 3.05) is 37.0 Å². The zero-order valence-electron chi connectivity index (χ0n) is 11.0. The van der Waals surface area contributed by atoms with Gasteiger partial charge in [-0.2, -0.15) is 0 Å². The van der Waals surface area contributed by atoms with Crippen molar-refractivity contribution in [3.8, 4) is 0 Å². The quantitative estimate of drug-likeness (QED) is 0.659. The van der Waals surface area contributed by atoms with Crippen molar-refractivity contribution in [3.63, 3.8) is 0 Å². The van der Waals surface area contributed by atoms with E-state index in [0.717, 1.165) is 0 Å². The number of carbonyl (C=O) groups is 1. The first-order valence-corrected chi connectivity index (χ1v) is 7.62. The molecule has 1 aliphatic rings. The molecule has 0 unspecified atom stereocenters. The highest BCUT2D eigenvalue weighted by Gasteiger charge is 2.23. The number of hydrogen-bond donors (Lipinski definition) is 1. The lowest BCUT2D eigenvalue weighted by atomic mass is 10.1. The number of anilines is 1. The number of nitro groups is 1. The van der Waals surface area contributed by atoms with Crippen LogP contribution < -0.4 is 5.32 Å². The Kier molecular flexibility index (Phi) is 4.33. The maximum absolute atomic E-state index is 12.3. The summed E-state index contributed by atoms with van der Waals surface area (Å²) < 4.78 is 11.3. The number of rotatable bonds is 3. The number of carbonyl (C=O) groups excluding carboxylic acids is 1. The Balaban J connectivity index is 2.24. The standard InChI is InChI=1S/C12H15N3O4S/c1-13-10-3-2-9(8-11(10)15(17)18)12(16)14-4-6-20(19)7-5-14/h2-3,8,13H,4-7H2,1H3. The highest BCUT2D eigenvalue weighted by atomic mass is 32.2. The van der Waals surface area contributed by atoms with Gasteiger partial charge < -0.3 is 10.2 Å². The van der Waals surface area contributed by atoms with E-state index in [4.69, 9.17) is 0 Å². The molecule has 0 bridgehead atoms. The maximum atomic E-state index is 12.3. The third-order valence-corrected chi connectivity index (χ3v) is 4.45. The fourth-order valence-corrected chi connectivity index (χ4v) is 3.10. The van der Waals surface area contributed by atoms with Gasteiger partial charge in [0.15, 0.2) is 0 Å². The summed E-state index contributed by atoms with van der Waals surface area (Å²) in [5.74, 6) is 0.665. The largest absolute Gasteiger partial charge is 0.383 e. The van der Waals surface area contributed by atoms with Crippen LogP contribution in [0.5, 0.6) is 0 Å². The minimum atomic E-state index is -0.863. The van der Waals surface area contributed by atoms with E-state index in [2.05, 4.69) is 5.32 Å². The molecule has 0 atom stereocenters. The lowest BCUT2D eigenvalue weighted by Gasteiger charge is -2.26. The summed E-state index contributed by atoms with van der Waals surface area (Å²) in [7, 11) is 0.724. The molecule has 1 aliphatic heterocycles. The molecule has 1 aromatic carbocycles. The van der Waals surface area contributed by atoms with Crippen LogP contribution in [-0.2, 0) is 10.8 Å². The minimum Gasteiger partial charge on any atom is -0.383 e. The van der Waals surface area contributed by atoms with E-state index in [0.29, 0.717) is 30.3 Å². The van der Waals surface area contributed by atoms with Crippen LogP contribution in [0.25, 0.3) is 0 Å². The van der Waals surface area contributed by atoms with E-state index in [1.807, 2.05) is 0 Å². The number of nitrogens with zero attached hydrogens (tertiary/aromatic N) is 2. The summed E-state index contributed by atoms with van der Waals surface area (Å²) in [4.78, 5) is 24.3. The number of amides is 1. The third kappa shape index (κ3) is 2.96. The lowest BCUT2D eigenvalue weighted by molar-refractivity contribution is -0.384. The molecule has 1 heterocycles. The molecule has 0 spiro atoms. The SMILES string of the molecule is CNc1ccc(C(=O)N2CCS(=O)CC2)cc1[N+](=O)[O-]. The van der Waals surface area contributed by atoms with Gasteiger partial charge in [-0.25, -0.2) is 0 Å². The highest BCUT2D eigenvalue weighted by molar-refractivity contribution is 7.85. The lowest BCUT2D eigenvalue weighted by Crippen LogP contribution is -2.41. The summed E-state index contributed by atoms with van der Waals surface area (Å²) in [6, 6.07) is 4.36.